The number of ether oxygens (including phenoxy) is 2. The SMILES string of the molecule is CCOC(=O)/C(=C\OC)Cc1cncnc1. The summed E-state index contributed by atoms with van der Waals surface area (Å²) in [6, 6.07) is 0. The van der Waals surface area contributed by atoms with Crippen LogP contribution in [-0.2, 0) is 20.7 Å². The smallest absolute Gasteiger partial charge is 0.337 e. The van der Waals surface area contributed by atoms with Crippen molar-refractivity contribution < 1.29 is 14.3 Å². The van der Waals surface area contributed by atoms with Crippen molar-refractivity contribution in [3.05, 3.63) is 36.1 Å². The van der Waals surface area contributed by atoms with Crippen molar-refractivity contribution in [2.24, 2.45) is 0 Å². The lowest BCUT2D eigenvalue weighted by Crippen LogP contribution is -2.10. The van der Waals surface area contributed by atoms with Crippen molar-refractivity contribution in [1.29, 1.82) is 0 Å². The first-order valence-electron chi connectivity index (χ1n) is 4.90. The van der Waals surface area contributed by atoms with Gasteiger partial charge in [-0.3, -0.25) is 0 Å². The Balaban J connectivity index is 2.73. The van der Waals surface area contributed by atoms with Gasteiger partial charge < -0.3 is 9.47 Å². The zero-order valence-corrected chi connectivity index (χ0v) is 9.34. The predicted octanol–water partition coefficient (Wildman–Crippen LogP) is 1.11. The molecule has 1 aromatic heterocycles. The van der Waals surface area contributed by atoms with Gasteiger partial charge in [-0.15, -0.1) is 0 Å². The highest BCUT2D eigenvalue weighted by Gasteiger charge is 2.12. The van der Waals surface area contributed by atoms with Crippen molar-refractivity contribution in [2.45, 2.75) is 13.3 Å². The van der Waals surface area contributed by atoms with Gasteiger partial charge in [0.05, 0.1) is 25.6 Å². The number of methoxy groups -OCH3 is 1. The summed E-state index contributed by atoms with van der Waals surface area (Å²) in [7, 11) is 1.49. The normalized spacial score (nSPS) is 11.0. The fourth-order valence-corrected chi connectivity index (χ4v) is 1.17. The topological polar surface area (TPSA) is 61.3 Å². The van der Waals surface area contributed by atoms with Gasteiger partial charge in [0.2, 0.25) is 0 Å². The van der Waals surface area contributed by atoms with Gasteiger partial charge in [0.1, 0.15) is 6.33 Å². The van der Waals surface area contributed by atoms with E-state index in [1.807, 2.05) is 0 Å². The number of carbonyl (C=O) groups is 1. The number of hydrogen-bond donors (Lipinski definition) is 0. The van der Waals surface area contributed by atoms with Crippen LogP contribution >= 0.6 is 0 Å². The molecule has 0 saturated heterocycles. The summed E-state index contributed by atoms with van der Waals surface area (Å²) in [5, 5.41) is 0. The molecule has 0 saturated carbocycles. The van der Waals surface area contributed by atoms with E-state index in [0.717, 1.165) is 5.56 Å². The number of esters is 1. The second kappa shape index (κ2) is 6.55. The van der Waals surface area contributed by atoms with Crippen molar-refractivity contribution in [3.63, 3.8) is 0 Å². The number of hydrogen-bond acceptors (Lipinski definition) is 5. The second-order valence-electron chi connectivity index (χ2n) is 3.02. The molecule has 0 aromatic carbocycles. The van der Waals surface area contributed by atoms with Gasteiger partial charge in [-0.25, -0.2) is 14.8 Å². The van der Waals surface area contributed by atoms with Crippen LogP contribution in [0.2, 0.25) is 0 Å². The summed E-state index contributed by atoms with van der Waals surface area (Å²) in [4.78, 5) is 19.3. The van der Waals surface area contributed by atoms with Gasteiger partial charge >= 0.3 is 5.97 Å². The molecular weight excluding hydrogens is 208 g/mol. The fourth-order valence-electron chi connectivity index (χ4n) is 1.17. The van der Waals surface area contributed by atoms with E-state index in [9.17, 15) is 4.79 Å². The van der Waals surface area contributed by atoms with Crippen LogP contribution in [0.25, 0.3) is 0 Å². The Kier molecular flexibility index (Phi) is 4.98. The molecular formula is C11H14N2O3. The minimum Gasteiger partial charge on any atom is -0.504 e. The third-order valence-corrected chi connectivity index (χ3v) is 1.81. The van der Waals surface area contributed by atoms with Crippen LogP contribution in [-0.4, -0.2) is 29.7 Å². The summed E-state index contributed by atoms with van der Waals surface area (Å²) in [5.74, 6) is -0.381. The molecule has 0 aliphatic rings. The molecule has 0 radical (unpaired) electrons. The number of carbonyl (C=O) groups excluding carboxylic acids is 1. The molecule has 0 bridgehead atoms. The Morgan fingerprint density at radius 2 is 2.12 bits per heavy atom. The number of rotatable bonds is 5. The zero-order chi connectivity index (χ0) is 11.8. The van der Waals surface area contributed by atoms with E-state index in [0.29, 0.717) is 18.6 Å². The second-order valence-corrected chi connectivity index (χ2v) is 3.02. The lowest BCUT2D eigenvalue weighted by molar-refractivity contribution is -0.138. The highest BCUT2D eigenvalue weighted by atomic mass is 16.5. The number of aromatic nitrogens is 2. The third-order valence-electron chi connectivity index (χ3n) is 1.81. The average molecular weight is 222 g/mol. The standard InChI is InChI=1S/C11H14N2O3/c1-3-16-11(14)10(7-15-2)4-9-5-12-8-13-6-9/h5-8H,3-4H2,1-2H3/b10-7-. The monoisotopic (exact) mass is 222 g/mol. The minimum absolute atomic E-state index is 0.338. The maximum Gasteiger partial charge on any atom is 0.337 e. The quantitative estimate of drug-likeness (QED) is 0.424. The maximum absolute atomic E-state index is 11.5. The van der Waals surface area contributed by atoms with E-state index in [1.54, 1.807) is 19.3 Å². The summed E-state index contributed by atoms with van der Waals surface area (Å²) >= 11 is 0. The molecule has 0 aliphatic carbocycles. The highest BCUT2D eigenvalue weighted by molar-refractivity contribution is 5.88. The van der Waals surface area contributed by atoms with Crippen molar-refractivity contribution >= 4 is 5.97 Å². The Labute approximate surface area is 94.1 Å². The van der Waals surface area contributed by atoms with E-state index in [4.69, 9.17) is 9.47 Å². The Morgan fingerprint density at radius 1 is 1.44 bits per heavy atom. The van der Waals surface area contributed by atoms with E-state index in [-0.39, 0.29) is 5.97 Å². The molecule has 0 atom stereocenters. The summed E-state index contributed by atoms with van der Waals surface area (Å²) in [6.07, 6.45) is 6.51. The molecule has 0 fully saturated rings. The molecule has 1 aromatic rings. The minimum atomic E-state index is -0.381. The van der Waals surface area contributed by atoms with Crippen LogP contribution in [0.5, 0.6) is 0 Å². The van der Waals surface area contributed by atoms with Crippen LogP contribution in [0.15, 0.2) is 30.6 Å². The van der Waals surface area contributed by atoms with Gasteiger partial charge in [0.25, 0.3) is 0 Å². The van der Waals surface area contributed by atoms with Crippen molar-refractivity contribution in [2.75, 3.05) is 13.7 Å². The van der Waals surface area contributed by atoms with E-state index in [1.165, 1.54) is 19.7 Å². The number of nitrogens with zero attached hydrogens (tertiary/aromatic N) is 2. The third kappa shape index (κ3) is 3.68. The molecule has 0 aliphatic heterocycles. The van der Waals surface area contributed by atoms with Gasteiger partial charge in [-0.05, 0) is 12.5 Å². The first-order chi connectivity index (χ1) is 7.77. The lowest BCUT2D eigenvalue weighted by atomic mass is 10.1. The largest absolute Gasteiger partial charge is 0.504 e. The lowest BCUT2D eigenvalue weighted by Gasteiger charge is -2.06. The first-order valence-corrected chi connectivity index (χ1v) is 4.90. The van der Waals surface area contributed by atoms with Crippen LogP contribution < -0.4 is 0 Å². The van der Waals surface area contributed by atoms with Crippen LogP contribution in [0.4, 0.5) is 0 Å². The molecule has 16 heavy (non-hydrogen) atoms. The molecule has 0 N–H and O–H groups in total. The van der Waals surface area contributed by atoms with Gasteiger partial charge in [-0.1, -0.05) is 0 Å². The molecule has 5 nitrogen and oxygen atoms in total. The molecule has 86 valence electrons. The summed E-state index contributed by atoms with van der Waals surface area (Å²) in [5.41, 5.74) is 1.28. The highest BCUT2D eigenvalue weighted by Crippen LogP contribution is 2.07. The maximum atomic E-state index is 11.5. The van der Waals surface area contributed by atoms with E-state index >= 15 is 0 Å². The van der Waals surface area contributed by atoms with Gasteiger partial charge in [0, 0.05) is 18.8 Å². The van der Waals surface area contributed by atoms with Crippen molar-refractivity contribution in [1.82, 2.24) is 9.97 Å². The van der Waals surface area contributed by atoms with Crippen LogP contribution in [0, 0.1) is 0 Å². The Morgan fingerprint density at radius 3 is 2.69 bits per heavy atom. The molecule has 1 rings (SSSR count). The molecule has 5 heteroatoms. The van der Waals surface area contributed by atoms with E-state index in [2.05, 4.69) is 9.97 Å². The van der Waals surface area contributed by atoms with Gasteiger partial charge in [-0.2, -0.15) is 0 Å². The van der Waals surface area contributed by atoms with Gasteiger partial charge in [0.15, 0.2) is 0 Å². The van der Waals surface area contributed by atoms with Crippen molar-refractivity contribution in [3.8, 4) is 0 Å². The summed E-state index contributed by atoms with van der Waals surface area (Å²) in [6.45, 7) is 2.10. The van der Waals surface area contributed by atoms with E-state index < -0.39 is 0 Å². The first kappa shape index (κ1) is 12.2. The Hall–Kier alpha value is -1.91. The molecule has 1 heterocycles. The van der Waals surface area contributed by atoms with Crippen LogP contribution in [0.1, 0.15) is 12.5 Å². The molecule has 0 spiro atoms. The average Bonchev–Trinajstić information content (AvgIpc) is 2.30. The molecule has 0 unspecified atom stereocenters. The molecule has 0 amide bonds. The zero-order valence-electron chi connectivity index (χ0n) is 9.34. The Bertz CT molecular complexity index is 363. The summed E-state index contributed by atoms with van der Waals surface area (Å²) < 4.78 is 9.74. The predicted molar refractivity (Wildman–Crippen MR) is 57.5 cm³/mol. The fraction of sp³-hybridized carbons (Fsp3) is 0.364. The van der Waals surface area contributed by atoms with Crippen LogP contribution in [0.3, 0.4) is 0 Å².